The molecule has 0 unspecified atom stereocenters. The molecule has 0 atom stereocenters. The molecule has 0 aromatic carbocycles. The zero-order chi connectivity index (χ0) is 10.8. The molecule has 0 N–H and O–H groups in total. The van der Waals surface area contributed by atoms with Gasteiger partial charge < -0.3 is 0 Å². The minimum Gasteiger partial charge on any atom is -0.253 e. The van der Waals surface area contributed by atoms with Crippen LogP contribution in [0, 0.1) is 13.8 Å². The molecule has 0 fully saturated rings. The van der Waals surface area contributed by atoms with Gasteiger partial charge in [-0.05, 0) is 26.0 Å². The first-order chi connectivity index (χ1) is 7.18. The Morgan fingerprint density at radius 3 is 2.27 bits per heavy atom. The smallest absolute Gasteiger partial charge is 0.178 e. The van der Waals surface area contributed by atoms with E-state index in [1.54, 1.807) is 6.20 Å². The van der Waals surface area contributed by atoms with Crippen molar-refractivity contribution >= 4 is 11.6 Å². The van der Waals surface area contributed by atoms with Crippen LogP contribution >= 0.6 is 11.6 Å². The first-order valence-corrected chi connectivity index (χ1v) is 4.98. The highest BCUT2D eigenvalue weighted by molar-refractivity contribution is 6.31. The lowest BCUT2D eigenvalue weighted by atomic mass is 10.3. The molecule has 0 spiro atoms. The molecule has 2 aromatic heterocycles. The molecule has 2 aromatic rings. The summed E-state index contributed by atoms with van der Waals surface area (Å²) in [6.07, 6.45) is 1.72. The minimum absolute atomic E-state index is 0.620. The topological polar surface area (TPSA) is 38.7 Å². The summed E-state index contributed by atoms with van der Waals surface area (Å²) < 4.78 is 0. The van der Waals surface area contributed by atoms with E-state index in [-0.39, 0.29) is 0 Å². The molecule has 0 bridgehead atoms. The van der Waals surface area contributed by atoms with Crippen LogP contribution in [0.15, 0.2) is 24.4 Å². The van der Waals surface area contributed by atoms with Crippen LogP contribution in [0.25, 0.3) is 11.5 Å². The average molecular weight is 220 g/mol. The number of halogens is 1. The molecule has 0 amide bonds. The van der Waals surface area contributed by atoms with E-state index in [1.807, 2.05) is 32.0 Å². The zero-order valence-electron chi connectivity index (χ0n) is 8.53. The van der Waals surface area contributed by atoms with Gasteiger partial charge in [-0.1, -0.05) is 17.7 Å². The van der Waals surface area contributed by atoms with Crippen molar-refractivity contribution in [3.05, 3.63) is 40.8 Å². The average Bonchev–Trinajstić information content (AvgIpc) is 2.26. The van der Waals surface area contributed by atoms with Crippen molar-refractivity contribution in [3.8, 4) is 11.5 Å². The SMILES string of the molecule is Cc1nc(-c2ccccn2)nc(C)c1Cl. The third-order valence-corrected chi connectivity index (χ3v) is 2.62. The third kappa shape index (κ3) is 1.97. The van der Waals surface area contributed by atoms with Gasteiger partial charge in [-0.2, -0.15) is 0 Å². The Morgan fingerprint density at radius 1 is 1.07 bits per heavy atom. The predicted molar refractivity (Wildman–Crippen MR) is 59.7 cm³/mol. The number of aromatic nitrogens is 3. The molecular formula is C11H10ClN3. The third-order valence-electron chi connectivity index (χ3n) is 2.08. The Bertz CT molecular complexity index is 459. The first kappa shape index (κ1) is 10.1. The summed E-state index contributed by atoms with van der Waals surface area (Å²) in [6, 6.07) is 5.65. The molecule has 0 aliphatic heterocycles. The fourth-order valence-electron chi connectivity index (χ4n) is 1.31. The maximum Gasteiger partial charge on any atom is 0.178 e. The lowest BCUT2D eigenvalue weighted by Crippen LogP contribution is -1.97. The monoisotopic (exact) mass is 219 g/mol. The van der Waals surface area contributed by atoms with Crippen molar-refractivity contribution in [2.24, 2.45) is 0 Å². The second kappa shape index (κ2) is 3.95. The van der Waals surface area contributed by atoms with Crippen LogP contribution in [0.2, 0.25) is 5.02 Å². The maximum absolute atomic E-state index is 5.99. The van der Waals surface area contributed by atoms with Gasteiger partial charge in [0.1, 0.15) is 5.69 Å². The summed E-state index contributed by atoms with van der Waals surface area (Å²) >= 11 is 5.99. The number of aryl methyl sites for hydroxylation is 2. The van der Waals surface area contributed by atoms with Crippen molar-refractivity contribution in [2.75, 3.05) is 0 Å². The summed E-state index contributed by atoms with van der Waals surface area (Å²) in [5.41, 5.74) is 2.33. The van der Waals surface area contributed by atoms with Crippen LogP contribution in [0.1, 0.15) is 11.4 Å². The quantitative estimate of drug-likeness (QED) is 0.740. The van der Waals surface area contributed by atoms with E-state index >= 15 is 0 Å². The van der Waals surface area contributed by atoms with Gasteiger partial charge >= 0.3 is 0 Å². The van der Waals surface area contributed by atoms with Gasteiger partial charge in [0.2, 0.25) is 0 Å². The minimum atomic E-state index is 0.620. The summed E-state index contributed by atoms with van der Waals surface area (Å²) in [5, 5.41) is 0.620. The lowest BCUT2D eigenvalue weighted by molar-refractivity contribution is 1.05. The second-order valence-corrected chi connectivity index (χ2v) is 3.62. The molecule has 4 heteroatoms. The van der Waals surface area contributed by atoms with Gasteiger partial charge in [-0.3, -0.25) is 4.98 Å². The standard InChI is InChI=1S/C11H10ClN3/c1-7-10(12)8(2)15-11(14-7)9-5-3-4-6-13-9/h3-6H,1-2H3. The summed E-state index contributed by atoms with van der Waals surface area (Å²) in [7, 11) is 0. The normalized spacial score (nSPS) is 10.3. The number of rotatable bonds is 1. The Hall–Kier alpha value is -1.48. The molecular weight excluding hydrogens is 210 g/mol. The van der Waals surface area contributed by atoms with Crippen LogP contribution in [-0.4, -0.2) is 15.0 Å². The van der Waals surface area contributed by atoms with E-state index in [2.05, 4.69) is 15.0 Å². The molecule has 0 aliphatic carbocycles. The number of hydrogen-bond donors (Lipinski definition) is 0. The fourth-order valence-corrected chi connectivity index (χ4v) is 1.40. The second-order valence-electron chi connectivity index (χ2n) is 3.25. The van der Waals surface area contributed by atoms with E-state index in [4.69, 9.17) is 11.6 Å². The van der Waals surface area contributed by atoms with E-state index in [0.29, 0.717) is 10.8 Å². The van der Waals surface area contributed by atoms with Crippen molar-refractivity contribution in [1.82, 2.24) is 15.0 Å². The van der Waals surface area contributed by atoms with E-state index in [1.165, 1.54) is 0 Å². The molecule has 0 aliphatic rings. The van der Waals surface area contributed by atoms with Crippen LogP contribution in [0.5, 0.6) is 0 Å². The van der Waals surface area contributed by atoms with Crippen LogP contribution < -0.4 is 0 Å². The van der Waals surface area contributed by atoms with Crippen LogP contribution in [0.4, 0.5) is 0 Å². The molecule has 15 heavy (non-hydrogen) atoms. The maximum atomic E-state index is 5.99. The number of pyridine rings is 1. The largest absolute Gasteiger partial charge is 0.253 e. The van der Waals surface area contributed by atoms with Gasteiger partial charge in [0.15, 0.2) is 5.82 Å². The molecule has 2 heterocycles. The highest BCUT2D eigenvalue weighted by atomic mass is 35.5. The Morgan fingerprint density at radius 2 is 1.73 bits per heavy atom. The van der Waals surface area contributed by atoms with Gasteiger partial charge in [0.05, 0.1) is 16.4 Å². The summed E-state index contributed by atoms with van der Waals surface area (Å²) in [4.78, 5) is 12.8. The van der Waals surface area contributed by atoms with E-state index in [0.717, 1.165) is 17.1 Å². The Labute approximate surface area is 93.2 Å². The molecule has 0 radical (unpaired) electrons. The van der Waals surface area contributed by atoms with E-state index < -0.39 is 0 Å². The first-order valence-electron chi connectivity index (χ1n) is 4.60. The van der Waals surface area contributed by atoms with Crippen molar-refractivity contribution in [2.45, 2.75) is 13.8 Å². The Balaban J connectivity index is 2.56. The van der Waals surface area contributed by atoms with Crippen molar-refractivity contribution < 1.29 is 0 Å². The van der Waals surface area contributed by atoms with Crippen molar-refractivity contribution in [1.29, 1.82) is 0 Å². The van der Waals surface area contributed by atoms with Gasteiger partial charge in [0, 0.05) is 6.20 Å². The molecule has 76 valence electrons. The molecule has 2 rings (SSSR count). The molecule has 0 saturated carbocycles. The van der Waals surface area contributed by atoms with E-state index in [9.17, 15) is 0 Å². The zero-order valence-corrected chi connectivity index (χ0v) is 9.28. The lowest BCUT2D eigenvalue weighted by Gasteiger charge is -2.04. The highest BCUT2D eigenvalue weighted by Gasteiger charge is 2.08. The Kier molecular flexibility index (Phi) is 2.64. The van der Waals surface area contributed by atoms with Crippen molar-refractivity contribution in [3.63, 3.8) is 0 Å². The summed E-state index contributed by atoms with van der Waals surface area (Å²) in [6.45, 7) is 3.73. The van der Waals surface area contributed by atoms with Gasteiger partial charge in [-0.25, -0.2) is 9.97 Å². The van der Waals surface area contributed by atoms with Gasteiger partial charge in [0.25, 0.3) is 0 Å². The fraction of sp³-hybridized carbons (Fsp3) is 0.182. The van der Waals surface area contributed by atoms with Gasteiger partial charge in [-0.15, -0.1) is 0 Å². The number of hydrogen-bond acceptors (Lipinski definition) is 3. The molecule has 0 saturated heterocycles. The predicted octanol–water partition coefficient (Wildman–Crippen LogP) is 2.81. The van der Waals surface area contributed by atoms with Crippen LogP contribution in [-0.2, 0) is 0 Å². The molecule has 3 nitrogen and oxygen atoms in total. The summed E-state index contributed by atoms with van der Waals surface area (Å²) in [5.74, 6) is 0.620. The highest BCUT2D eigenvalue weighted by Crippen LogP contribution is 2.20. The number of nitrogens with zero attached hydrogens (tertiary/aromatic N) is 3. The van der Waals surface area contributed by atoms with Crippen LogP contribution in [0.3, 0.4) is 0 Å².